The standard InChI is InChI=1S/C20H25N3O4S2/c1-12-8-10-23(11-9-12)29(26,27)16-6-4-15(5-7-16)19(25)22-20-17(18(21)24)13(2)14(3)28-20/h4-7,12H,8-11H2,1-3H3,(H2,21,24)(H,22,25). The summed E-state index contributed by atoms with van der Waals surface area (Å²) in [4.78, 5) is 25.4. The van der Waals surface area contributed by atoms with Crippen LogP contribution in [-0.4, -0.2) is 37.6 Å². The summed E-state index contributed by atoms with van der Waals surface area (Å²) < 4.78 is 27.1. The number of nitrogens with one attached hydrogen (secondary N) is 1. The summed E-state index contributed by atoms with van der Waals surface area (Å²) in [6.07, 6.45) is 1.70. The van der Waals surface area contributed by atoms with Crippen molar-refractivity contribution in [1.29, 1.82) is 0 Å². The summed E-state index contributed by atoms with van der Waals surface area (Å²) in [5.41, 5.74) is 6.79. The number of nitrogens with zero attached hydrogens (tertiary/aromatic N) is 1. The van der Waals surface area contributed by atoms with E-state index in [1.54, 1.807) is 6.92 Å². The molecule has 0 aliphatic carbocycles. The van der Waals surface area contributed by atoms with E-state index in [0.717, 1.165) is 23.3 Å². The Morgan fingerprint density at radius 1 is 1.14 bits per heavy atom. The average molecular weight is 436 g/mol. The second kappa shape index (κ2) is 8.25. The minimum absolute atomic E-state index is 0.171. The first-order valence-corrected chi connectivity index (χ1v) is 11.7. The molecule has 2 aromatic rings. The number of thiophene rings is 1. The van der Waals surface area contributed by atoms with Crippen molar-refractivity contribution in [3.05, 3.63) is 45.8 Å². The number of carbonyl (C=O) groups is 2. The Morgan fingerprint density at radius 3 is 2.28 bits per heavy atom. The Labute approximate surface area is 175 Å². The first-order valence-electron chi connectivity index (χ1n) is 9.42. The molecule has 29 heavy (non-hydrogen) atoms. The van der Waals surface area contributed by atoms with Gasteiger partial charge in [0.2, 0.25) is 10.0 Å². The minimum atomic E-state index is -3.56. The monoisotopic (exact) mass is 435 g/mol. The molecule has 0 radical (unpaired) electrons. The van der Waals surface area contributed by atoms with Crippen molar-refractivity contribution in [3.63, 3.8) is 0 Å². The molecule has 1 fully saturated rings. The highest BCUT2D eigenvalue weighted by atomic mass is 32.2. The maximum Gasteiger partial charge on any atom is 0.256 e. The van der Waals surface area contributed by atoms with Gasteiger partial charge in [-0.05, 0) is 62.4 Å². The van der Waals surface area contributed by atoms with E-state index >= 15 is 0 Å². The Hall–Kier alpha value is -2.23. The number of rotatable bonds is 5. The summed E-state index contributed by atoms with van der Waals surface area (Å²) in [7, 11) is -3.56. The van der Waals surface area contributed by atoms with Gasteiger partial charge in [-0.2, -0.15) is 4.31 Å². The van der Waals surface area contributed by atoms with Gasteiger partial charge in [0.15, 0.2) is 0 Å². The van der Waals surface area contributed by atoms with E-state index in [0.29, 0.717) is 35.1 Å². The third-order valence-electron chi connectivity index (χ3n) is 5.36. The third kappa shape index (κ3) is 4.36. The maximum absolute atomic E-state index is 12.8. The number of piperidine rings is 1. The van der Waals surface area contributed by atoms with Crippen molar-refractivity contribution >= 4 is 38.2 Å². The molecule has 7 nitrogen and oxygen atoms in total. The molecule has 0 bridgehead atoms. The Kier molecular flexibility index (Phi) is 6.11. The first-order chi connectivity index (χ1) is 13.6. The largest absolute Gasteiger partial charge is 0.365 e. The maximum atomic E-state index is 12.8. The van der Waals surface area contributed by atoms with Crippen LogP contribution in [-0.2, 0) is 10.0 Å². The zero-order valence-corrected chi connectivity index (χ0v) is 18.3. The smallest absolute Gasteiger partial charge is 0.256 e. The number of hydrogen-bond acceptors (Lipinski definition) is 5. The highest BCUT2D eigenvalue weighted by molar-refractivity contribution is 7.89. The Balaban J connectivity index is 1.78. The van der Waals surface area contributed by atoms with Crippen molar-refractivity contribution in [1.82, 2.24) is 4.31 Å². The van der Waals surface area contributed by atoms with E-state index in [-0.39, 0.29) is 4.90 Å². The molecule has 2 amide bonds. The summed E-state index contributed by atoms with van der Waals surface area (Å²) in [6.45, 7) is 6.78. The van der Waals surface area contributed by atoms with Crippen LogP contribution >= 0.6 is 11.3 Å². The molecule has 2 heterocycles. The number of sulfonamides is 1. The summed E-state index contributed by atoms with van der Waals surface area (Å²) in [5, 5.41) is 3.11. The lowest BCUT2D eigenvalue weighted by molar-refractivity contribution is 0.100. The van der Waals surface area contributed by atoms with Crippen LogP contribution in [0.2, 0.25) is 0 Å². The lowest BCUT2D eigenvalue weighted by Gasteiger charge is -2.29. The second-order valence-electron chi connectivity index (χ2n) is 7.42. The van der Waals surface area contributed by atoms with E-state index in [9.17, 15) is 18.0 Å². The number of anilines is 1. The zero-order chi connectivity index (χ0) is 21.3. The summed E-state index contributed by atoms with van der Waals surface area (Å²) in [6, 6.07) is 5.85. The molecule has 0 unspecified atom stereocenters. The molecule has 1 aromatic heterocycles. The van der Waals surface area contributed by atoms with Crippen LogP contribution in [0.4, 0.5) is 5.00 Å². The van der Waals surface area contributed by atoms with Gasteiger partial charge in [0.25, 0.3) is 11.8 Å². The summed E-state index contributed by atoms with van der Waals surface area (Å²) >= 11 is 1.28. The normalized spacial score (nSPS) is 16.0. The van der Waals surface area contributed by atoms with E-state index in [1.807, 2.05) is 6.92 Å². The van der Waals surface area contributed by atoms with Gasteiger partial charge in [-0.15, -0.1) is 11.3 Å². The van der Waals surface area contributed by atoms with E-state index < -0.39 is 21.8 Å². The predicted molar refractivity (Wildman–Crippen MR) is 114 cm³/mol. The molecule has 0 atom stereocenters. The fourth-order valence-electron chi connectivity index (χ4n) is 3.34. The molecular formula is C20H25N3O4S2. The second-order valence-corrected chi connectivity index (χ2v) is 10.6. The van der Waals surface area contributed by atoms with Crippen LogP contribution in [0.15, 0.2) is 29.2 Å². The lowest BCUT2D eigenvalue weighted by atomic mass is 10.0. The van der Waals surface area contributed by atoms with Crippen molar-refractivity contribution in [3.8, 4) is 0 Å². The van der Waals surface area contributed by atoms with Crippen molar-refractivity contribution in [2.45, 2.75) is 38.5 Å². The number of aryl methyl sites for hydroxylation is 1. The van der Waals surface area contributed by atoms with Gasteiger partial charge in [-0.1, -0.05) is 6.92 Å². The van der Waals surface area contributed by atoms with Crippen LogP contribution in [0.5, 0.6) is 0 Å². The number of primary amides is 1. The van der Waals surface area contributed by atoms with Crippen LogP contribution in [0, 0.1) is 19.8 Å². The molecule has 156 valence electrons. The lowest BCUT2D eigenvalue weighted by Crippen LogP contribution is -2.37. The van der Waals surface area contributed by atoms with Crippen LogP contribution in [0.1, 0.15) is 50.9 Å². The predicted octanol–water partition coefficient (Wildman–Crippen LogP) is 3.14. The fraction of sp³-hybridized carbons (Fsp3) is 0.400. The number of amides is 2. The Bertz CT molecular complexity index is 1030. The fourth-order valence-corrected chi connectivity index (χ4v) is 5.87. The van der Waals surface area contributed by atoms with E-state index in [4.69, 9.17) is 5.73 Å². The van der Waals surface area contributed by atoms with Gasteiger partial charge < -0.3 is 11.1 Å². The van der Waals surface area contributed by atoms with Gasteiger partial charge in [0.05, 0.1) is 10.5 Å². The van der Waals surface area contributed by atoms with Gasteiger partial charge in [0.1, 0.15) is 5.00 Å². The van der Waals surface area contributed by atoms with E-state index in [2.05, 4.69) is 12.2 Å². The van der Waals surface area contributed by atoms with Crippen LogP contribution < -0.4 is 11.1 Å². The highest BCUT2D eigenvalue weighted by Crippen LogP contribution is 2.32. The molecule has 1 aliphatic heterocycles. The van der Waals surface area contributed by atoms with Crippen LogP contribution in [0.3, 0.4) is 0 Å². The molecule has 1 aliphatic rings. The highest BCUT2D eigenvalue weighted by Gasteiger charge is 2.28. The SMILES string of the molecule is Cc1sc(NC(=O)c2ccc(S(=O)(=O)N3CCC(C)CC3)cc2)c(C(N)=O)c1C. The first kappa shape index (κ1) is 21.5. The summed E-state index contributed by atoms with van der Waals surface area (Å²) in [5.74, 6) is -0.494. The quantitative estimate of drug-likeness (QED) is 0.752. The van der Waals surface area contributed by atoms with Gasteiger partial charge >= 0.3 is 0 Å². The molecule has 0 saturated carbocycles. The molecule has 3 N–H and O–H groups in total. The number of benzene rings is 1. The average Bonchev–Trinajstić information content (AvgIpc) is 2.95. The van der Waals surface area contributed by atoms with E-state index in [1.165, 1.54) is 39.9 Å². The van der Waals surface area contributed by atoms with Crippen LogP contribution in [0.25, 0.3) is 0 Å². The van der Waals surface area contributed by atoms with Gasteiger partial charge in [0, 0.05) is 23.5 Å². The molecule has 1 aromatic carbocycles. The zero-order valence-electron chi connectivity index (χ0n) is 16.7. The van der Waals surface area contributed by atoms with Gasteiger partial charge in [-0.25, -0.2) is 8.42 Å². The number of carbonyl (C=O) groups excluding carboxylic acids is 2. The van der Waals surface area contributed by atoms with Crippen molar-refractivity contribution in [2.75, 3.05) is 18.4 Å². The Morgan fingerprint density at radius 2 is 1.72 bits per heavy atom. The molecule has 0 spiro atoms. The number of hydrogen-bond donors (Lipinski definition) is 2. The van der Waals surface area contributed by atoms with Crippen molar-refractivity contribution < 1.29 is 18.0 Å². The third-order valence-corrected chi connectivity index (χ3v) is 8.39. The molecule has 9 heteroatoms. The number of nitrogens with two attached hydrogens (primary N) is 1. The van der Waals surface area contributed by atoms with Crippen molar-refractivity contribution in [2.24, 2.45) is 11.7 Å². The molecule has 3 rings (SSSR count). The minimum Gasteiger partial charge on any atom is -0.365 e. The van der Waals surface area contributed by atoms with Gasteiger partial charge in [-0.3, -0.25) is 9.59 Å². The topological polar surface area (TPSA) is 110 Å². The molecular weight excluding hydrogens is 410 g/mol. The molecule has 1 saturated heterocycles.